The summed E-state index contributed by atoms with van der Waals surface area (Å²) in [6, 6.07) is 0. The van der Waals surface area contributed by atoms with Crippen molar-refractivity contribution in [2.24, 2.45) is 45.8 Å². The molecule has 4 bridgehead atoms. The zero-order valence-electron chi connectivity index (χ0n) is 22.9. The molecule has 4 aliphatic heterocycles. The van der Waals surface area contributed by atoms with E-state index in [0.29, 0.717) is 25.3 Å². The van der Waals surface area contributed by atoms with Crippen molar-refractivity contribution >= 4 is 23.3 Å². The number of esters is 1. The highest BCUT2D eigenvalue weighted by Crippen LogP contribution is 2.76. The van der Waals surface area contributed by atoms with E-state index >= 15 is 4.79 Å². The van der Waals surface area contributed by atoms with Crippen LogP contribution in [0.5, 0.6) is 0 Å². The summed E-state index contributed by atoms with van der Waals surface area (Å²) in [5.74, 6) is -2.14. The molecule has 7 nitrogen and oxygen atoms in total. The predicted molar refractivity (Wildman–Crippen MR) is 133 cm³/mol. The number of ether oxygens (including phenoxy) is 2. The zero-order chi connectivity index (χ0) is 26.5. The molecule has 7 aliphatic rings. The van der Waals surface area contributed by atoms with Gasteiger partial charge >= 0.3 is 5.97 Å². The minimum absolute atomic E-state index is 0.00659. The van der Waals surface area contributed by atoms with Crippen LogP contribution in [0.15, 0.2) is 11.6 Å². The van der Waals surface area contributed by atoms with Crippen molar-refractivity contribution in [3.8, 4) is 0 Å². The molecule has 7 heteroatoms. The molecule has 200 valence electrons. The monoisotopic (exact) mass is 509 g/mol. The fourth-order valence-electron chi connectivity index (χ4n) is 11.0. The van der Waals surface area contributed by atoms with Crippen molar-refractivity contribution < 1.29 is 28.7 Å². The number of hydrogen-bond acceptors (Lipinski definition) is 7. The Balaban J connectivity index is 1.50. The summed E-state index contributed by atoms with van der Waals surface area (Å²) in [5, 5.41) is 0. The largest absolute Gasteiger partial charge is 0.435 e. The molecule has 11 unspecified atom stereocenters. The summed E-state index contributed by atoms with van der Waals surface area (Å²) in [6.45, 7) is 12.7. The molecule has 0 amide bonds. The second-order valence-corrected chi connectivity index (χ2v) is 14.4. The van der Waals surface area contributed by atoms with Gasteiger partial charge in [0.15, 0.2) is 11.6 Å². The molecule has 0 radical (unpaired) electrons. The van der Waals surface area contributed by atoms with E-state index in [0.717, 1.165) is 24.8 Å². The van der Waals surface area contributed by atoms with E-state index in [1.165, 1.54) is 0 Å². The number of carbonyl (C=O) groups excluding carboxylic acids is 4. The molecule has 37 heavy (non-hydrogen) atoms. The Bertz CT molecular complexity index is 1210. The van der Waals surface area contributed by atoms with Crippen LogP contribution in [0, 0.1) is 45.8 Å². The molecule has 4 saturated heterocycles. The van der Waals surface area contributed by atoms with Gasteiger partial charge in [0.1, 0.15) is 11.5 Å². The number of fused-ring (bicyclic) bond motifs is 5. The van der Waals surface area contributed by atoms with Gasteiger partial charge < -0.3 is 9.47 Å². The van der Waals surface area contributed by atoms with Crippen molar-refractivity contribution in [2.45, 2.75) is 97.6 Å². The Kier molecular flexibility index (Phi) is 4.46. The summed E-state index contributed by atoms with van der Waals surface area (Å²) in [4.78, 5) is 58.8. The van der Waals surface area contributed by atoms with Crippen LogP contribution in [0.2, 0.25) is 0 Å². The lowest BCUT2D eigenvalue weighted by atomic mass is 9.32. The van der Waals surface area contributed by atoms with Crippen molar-refractivity contribution in [1.82, 2.24) is 4.90 Å². The average Bonchev–Trinajstić information content (AvgIpc) is 3.08. The Morgan fingerprint density at radius 2 is 1.78 bits per heavy atom. The maximum absolute atomic E-state index is 15.4. The standard InChI is InChI=1S/C30H39NO6/c1-15-10-19-22(20(32)11-15)17(3)23(34)24-26(4)13-21(33)37-30(25(35)28(19,24)6)27(26,5)7-8-29-12-16(2)9-18(36-29)14-31(29)30/h11,16-19,22,24H,7-10,12-14H2,1-6H3. The summed E-state index contributed by atoms with van der Waals surface area (Å²) >= 11 is 0. The van der Waals surface area contributed by atoms with E-state index < -0.39 is 51.4 Å². The van der Waals surface area contributed by atoms with Crippen molar-refractivity contribution in [3.05, 3.63) is 11.6 Å². The minimum Gasteiger partial charge on any atom is -0.435 e. The number of piperidine rings is 1. The lowest BCUT2D eigenvalue weighted by molar-refractivity contribution is -0.349. The van der Waals surface area contributed by atoms with Crippen LogP contribution in [0.4, 0.5) is 0 Å². The van der Waals surface area contributed by atoms with Crippen LogP contribution in [0.25, 0.3) is 0 Å². The summed E-state index contributed by atoms with van der Waals surface area (Å²) in [6.07, 6.45) is 5.50. The first-order chi connectivity index (χ1) is 17.2. The third kappa shape index (κ3) is 2.40. The van der Waals surface area contributed by atoms with E-state index in [2.05, 4.69) is 25.7 Å². The molecule has 0 N–H and O–H groups in total. The van der Waals surface area contributed by atoms with Gasteiger partial charge in [0.05, 0.1) is 12.5 Å². The van der Waals surface area contributed by atoms with Crippen LogP contribution in [-0.2, 0) is 28.7 Å². The van der Waals surface area contributed by atoms with E-state index in [4.69, 9.17) is 9.47 Å². The van der Waals surface area contributed by atoms with Gasteiger partial charge in [-0.1, -0.05) is 40.2 Å². The van der Waals surface area contributed by atoms with Gasteiger partial charge in [0, 0.05) is 35.1 Å². The fraction of sp³-hybridized carbons (Fsp3) is 0.800. The molecule has 7 rings (SSSR count). The third-order valence-electron chi connectivity index (χ3n) is 12.5. The van der Waals surface area contributed by atoms with Gasteiger partial charge in [-0.15, -0.1) is 0 Å². The summed E-state index contributed by atoms with van der Waals surface area (Å²) in [5.41, 5.74) is -3.81. The zero-order valence-corrected chi connectivity index (χ0v) is 22.9. The molecule has 3 aliphatic carbocycles. The number of carbonyl (C=O) groups is 4. The van der Waals surface area contributed by atoms with Crippen LogP contribution in [-0.4, -0.2) is 52.3 Å². The van der Waals surface area contributed by atoms with Crippen LogP contribution >= 0.6 is 0 Å². The Hall–Kier alpha value is -1.86. The van der Waals surface area contributed by atoms with Gasteiger partial charge in [-0.2, -0.15) is 0 Å². The third-order valence-corrected chi connectivity index (χ3v) is 12.5. The molecule has 1 spiro atoms. The van der Waals surface area contributed by atoms with Gasteiger partial charge in [-0.25, -0.2) is 4.90 Å². The van der Waals surface area contributed by atoms with Crippen molar-refractivity contribution in [1.29, 1.82) is 0 Å². The van der Waals surface area contributed by atoms with Gasteiger partial charge in [-0.05, 0) is 62.4 Å². The lowest BCUT2D eigenvalue weighted by Gasteiger charge is -2.75. The quantitative estimate of drug-likeness (QED) is 0.458. The number of nitrogens with zero attached hydrogens (tertiary/aromatic N) is 1. The number of allylic oxidation sites excluding steroid dienone is 2. The summed E-state index contributed by atoms with van der Waals surface area (Å²) < 4.78 is 13.1. The van der Waals surface area contributed by atoms with E-state index in [1.807, 2.05) is 20.8 Å². The SMILES string of the molecule is CC1=CC(=O)C2C(C)C(=O)C3C(C)(C(=O)C45OC(=O)CC3(C)C4(C)CCC34CC(C)CC(CN35)O4)C2C1. The second-order valence-electron chi connectivity index (χ2n) is 14.4. The highest BCUT2D eigenvalue weighted by atomic mass is 16.6. The fourth-order valence-corrected chi connectivity index (χ4v) is 11.0. The highest BCUT2D eigenvalue weighted by Gasteiger charge is 2.86. The van der Waals surface area contributed by atoms with E-state index in [1.54, 1.807) is 6.08 Å². The van der Waals surface area contributed by atoms with E-state index in [-0.39, 0.29) is 35.8 Å². The molecule has 0 aromatic rings. The Labute approximate surface area is 218 Å². The molecule has 0 aromatic heterocycles. The molecule has 4 heterocycles. The average molecular weight is 510 g/mol. The minimum atomic E-state index is -1.50. The number of Topliss-reactive ketones (excluding diaryl/α,β-unsaturated/α-hetero) is 2. The molecule has 11 atom stereocenters. The van der Waals surface area contributed by atoms with Gasteiger partial charge in [-0.3, -0.25) is 19.2 Å². The molecule has 2 saturated carbocycles. The van der Waals surface area contributed by atoms with Crippen LogP contribution < -0.4 is 0 Å². The molecule has 6 fully saturated rings. The van der Waals surface area contributed by atoms with E-state index in [9.17, 15) is 14.4 Å². The first-order valence-electron chi connectivity index (χ1n) is 14.2. The number of ketones is 3. The van der Waals surface area contributed by atoms with Crippen molar-refractivity contribution in [2.75, 3.05) is 6.54 Å². The first-order valence-corrected chi connectivity index (χ1v) is 14.2. The predicted octanol–water partition coefficient (Wildman–Crippen LogP) is 3.84. The lowest BCUT2D eigenvalue weighted by Crippen LogP contribution is -2.87. The number of rotatable bonds is 0. The maximum atomic E-state index is 15.4. The Morgan fingerprint density at radius 1 is 1.05 bits per heavy atom. The number of hydrogen-bond donors (Lipinski definition) is 0. The van der Waals surface area contributed by atoms with Crippen LogP contribution in [0.3, 0.4) is 0 Å². The molecular formula is C30H39NO6. The second kappa shape index (κ2) is 6.82. The smallest absolute Gasteiger partial charge is 0.308 e. The topological polar surface area (TPSA) is 90.0 Å². The maximum Gasteiger partial charge on any atom is 0.308 e. The summed E-state index contributed by atoms with van der Waals surface area (Å²) in [7, 11) is 0. The highest BCUT2D eigenvalue weighted by molar-refractivity contribution is 6.07. The normalized spacial score (nSPS) is 56.5. The first kappa shape index (κ1) is 24.2. The van der Waals surface area contributed by atoms with Crippen LogP contribution in [0.1, 0.15) is 80.1 Å². The van der Waals surface area contributed by atoms with Crippen molar-refractivity contribution in [3.63, 3.8) is 0 Å². The van der Waals surface area contributed by atoms with Gasteiger partial charge in [0.2, 0.25) is 5.72 Å². The Morgan fingerprint density at radius 3 is 2.51 bits per heavy atom. The molecule has 0 aromatic carbocycles. The van der Waals surface area contributed by atoms with Gasteiger partial charge in [0.25, 0.3) is 0 Å². The molecular weight excluding hydrogens is 470 g/mol.